The largest absolute Gasteiger partial charge is 0.463 e. The number of ether oxygens (including phenoxy) is 2. The lowest BCUT2D eigenvalue weighted by molar-refractivity contribution is -0.385. The van der Waals surface area contributed by atoms with Gasteiger partial charge in [0.15, 0.2) is 0 Å². The number of carbonyl (C=O) groups excluding carboxylic acids is 3. The first-order chi connectivity index (χ1) is 19.1. The summed E-state index contributed by atoms with van der Waals surface area (Å²) < 4.78 is 10.5. The van der Waals surface area contributed by atoms with Crippen LogP contribution >= 0.6 is 11.8 Å². The molecule has 2 aromatic rings. The van der Waals surface area contributed by atoms with Crippen molar-refractivity contribution in [1.29, 1.82) is 0 Å². The monoisotopic (exact) mass is 568 g/mol. The Labute approximate surface area is 231 Å². The molecule has 40 heavy (non-hydrogen) atoms. The Morgan fingerprint density at radius 3 is 1.90 bits per heavy atom. The Morgan fingerprint density at radius 2 is 1.40 bits per heavy atom. The minimum absolute atomic E-state index is 0.00136. The van der Waals surface area contributed by atoms with Crippen LogP contribution in [0.4, 0.5) is 11.4 Å². The standard InChI is InChI=1S/C26H24N4O9S/c1-3-38-25(32)20-19(15-7-11-17(12-8-15)30(36)37)21(26(33)39-4-2)24-28(22(20)27)23(31)18(40-24)13-14-5-9-16(10-6-14)29(34)35/h5-12,18-19H,3-4,13,27H2,1-2H3. The zero-order chi connectivity index (χ0) is 29.1. The van der Waals surface area contributed by atoms with Crippen LogP contribution in [-0.2, 0) is 30.3 Å². The van der Waals surface area contributed by atoms with Crippen LogP contribution in [0.5, 0.6) is 0 Å². The molecular formula is C26H24N4O9S. The summed E-state index contributed by atoms with van der Waals surface area (Å²) in [6, 6.07) is 11.0. The fourth-order valence-corrected chi connectivity index (χ4v) is 5.87. The number of hydrogen-bond acceptors (Lipinski definition) is 11. The van der Waals surface area contributed by atoms with Gasteiger partial charge in [-0.05, 0) is 31.4 Å². The van der Waals surface area contributed by atoms with Crippen LogP contribution in [0.3, 0.4) is 0 Å². The number of thioether (sulfide) groups is 1. The molecule has 0 bridgehead atoms. The topological polar surface area (TPSA) is 185 Å². The molecule has 2 aliphatic heterocycles. The van der Waals surface area contributed by atoms with E-state index in [1.807, 2.05) is 0 Å². The third-order valence-corrected chi connectivity index (χ3v) is 7.55. The van der Waals surface area contributed by atoms with Gasteiger partial charge in [0.2, 0.25) is 5.91 Å². The number of nitrogens with two attached hydrogens (primary N) is 1. The van der Waals surface area contributed by atoms with E-state index < -0.39 is 38.9 Å². The molecule has 2 atom stereocenters. The number of benzene rings is 2. The minimum atomic E-state index is -1.14. The van der Waals surface area contributed by atoms with E-state index >= 15 is 0 Å². The van der Waals surface area contributed by atoms with Gasteiger partial charge in [-0.1, -0.05) is 36.0 Å². The Bertz CT molecular complexity index is 1450. The van der Waals surface area contributed by atoms with Gasteiger partial charge in [0.25, 0.3) is 11.4 Å². The van der Waals surface area contributed by atoms with E-state index in [9.17, 15) is 34.6 Å². The van der Waals surface area contributed by atoms with Gasteiger partial charge >= 0.3 is 11.9 Å². The molecule has 1 amide bonds. The lowest BCUT2D eigenvalue weighted by Gasteiger charge is -2.33. The highest BCUT2D eigenvalue weighted by molar-refractivity contribution is 8.04. The van der Waals surface area contributed by atoms with Crippen molar-refractivity contribution in [2.75, 3.05) is 13.2 Å². The number of nitrogens with zero attached hydrogens (tertiary/aromatic N) is 3. The molecule has 1 fully saturated rings. The first-order valence-electron chi connectivity index (χ1n) is 12.1. The Hall–Kier alpha value is -4.72. The Kier molecular flexibility index (Phi) is 8.18. The summed E-state index contributed by atoms with van der Waals surface area (Å²) in [6.07, 6.45) is 0.155. The third-order valence-electron chi connectivity index (χ3n) is 6.27. The summed E-state index contributed by atoms with van der Waals surface area (Å²) in [4.78, 5) is 62.4. The van der Waals surface area contributed by atoms with Gasteiger partial charge in [0.05, 0.1) is 50.4 Å². The zero-order valence-electron chi connectivity index (χ0n) is 21.4. The normalized spacial score (nSPS) is 18.4. The van der Waals surface area contributed by atoms with Crippen LogP contribution in [0.15, 0.2) is 70.5 Å². The van der Waals surface area contributed by atoms with E-state index in [4.69, 9.17) is 15.2 Å². The van der Waals surface area contributed by atoms with Crippen LogP contribution in [0.2, 0.25) is 0 Å². The van der Waals surface area contributed by atoms with E-state index in [1.165, 1.54) is 48.5 Å². The molecule has 0 aromatic heterocycles. The van der Waals surface area contributed by atoms with Gasteiger partial charge in [0.1, 0.15) is 5.82 Å². The number of nitro groups is 2. The van der Waals surface area contributed by atoms with Gasteiger partial charge < -0.3 is 15.2 Å². The second kappa shape index (κ2) is 11.6. The van der Waals surface area contributed by atoms with Crippen molar-refractivity contribution >= 4 is 41.0 Å². The molecule has 4 rings (SSSR count). The Balaban J connectivity index is 1.85. The molecule has 2 heterocycles. The van der Waals surface area contributed by atoms with E-state index in [1.54, 1.807) is 13.8 Å². The number of hydrogen-bond donors (Lipinski definition) is 1. The molecule has 13 nitrogen and oxygen atoms in total. The van der Waals surface area contributed by atoms with Crippen LogP contribution in [0, 0.1) is 20.2 Å². The average Bonchev–Trinajstić information content (AvgIpc) is 3.24. The molecular weight excluding hydrogens is 544 g/mol. The van der Waals surface area contributed by atoms with Crippen LogP contribution in [0.25, 0.3) is 0 Å². The molecule has 2 unspecified atom stereocenters. The maximum absolute atomic E-state index is 13.6. The molecule has 2 aliphatic rings. The highest BCUT2D eigenvalue weighted by Crippen LogP contribution is 2.50. The summed E-state index contributed by atoms with van der Waals surface area (Å²) in [7, 11) is 0. The average molecular weight is 569 g/mol. The second-order valence-corrected chi connectivity index (χ2v) is 9.84. The summed E-state index contributed by atoms with van der Waals surface area (Å²) >= 11 is 1.05. The summed E-state index contributed by atoms with van der Waals surface area (Å²) in [5, 5.41) is 21.6. The smallest absolute Gasteiger partial charge is 0.338 e. The van der Waals surface area contributed by atoms with Crippen LogP contribution in [0.1, 0.15) is 30.9 Å². The zero-order valence-corrected chi connectivity index (χ0v) is 22.2. The number of fused-ring (bicyclic) bond motifs is 1. The second-order valence-electron chi connectivity index (χ2n) is 8.65. The van der Waals surface area contributed by atoms with Crippen LogP contribution < -0.4 is 5.73 Å². The number of carbonyl (C=O) groups is 3. The molecule has 14 heteroatoms. The van der Waals surface area contributed by atoms with Crippen molar-refractivity contribution in [3.8, 4) is 0 Å². The Morgan fingerprint density at radius 1 is 0.900 bits per heavy atom. The predicted octanol–water partition coefficient (Wildman–Crippen LogP) is 3.30. The highest BCUT2D eigenvalue weighted by Gasteiger charge is 2.50. The van der Waals surface area contributed by atoms with E-state index in [2.05, 4.69) is 0 Å². The molecule has 0 radical (unpaired) electrons. The summed E-state index contributed by atoms with van der Waals surface area (Å²) in [5.74, 6) is -3.52. The lowest BCUT2D eigenvalue weighted by atomic mass is 9.82. The predicted molar refractivity (Wildman–Crippen MR) is 142 cm³/mol. The maximum atomic E-state index is 13.6. The van der Waals surface area contributed by atoms with E-state index in [0.29, 0.717) is 11.1 Å². The molecule has 1 saturated heterocycles. The summed E-state index contributed by atoms with van der Waals surface area (Å²) in [6.45, 7) is 3.18. The number of nitro benzene ring substituents is 2. The van der Waals surface area contributed by atoms with Crippen molar-refractivity contribution in [2.45, 2.75) is 31.4 Å². The van der Waals surface area contributed by atoms with Crippen molar-refractivity contribution in [1.82, 2.24) is 4.90 Å². The molecule has 0 aliphatic carbocycles. The number of esters is 2. The molecule has 208 valence electrons. The first kappa shape index (κ1) is 28.3. The van der Waals surface area contributed by atoms with E-state index in [0.717, 1.165) is 16.7 Å². The van der Waals surface area contributed by atoms with Crippen molar-refractivity contribution in [3.05, 3.63) is 102 Å². The van der Waals surface area contributed by atoms with Gasteiger partial charge in [0, 0.05) is 24.3 Å². The lowest BCUT2D eigenvalue weighted by Crippen LogP contribution is -2.40. The molecule has 2 N–H and O–H groups in total. The first-order valence-corrected chi connectivity index (χ1v) is 13.0. The van der Waals surface area contributed by atoms with Gasteiger partial charge in [-0.3, -0.25) is 29.9 Å². The van der Waals surface area contributed by atoms with Gasteiger partial charge in [-0.15, -0.1) is 0 Å². The van der Waals surface area contributed by atoms with Crippen molar-refractivity contribution in [3.63, 3.8) is 0 Å². The van der Waals surface area contributed by atoms with Crippen molar-refractivity contribution in [2.24, 2.45) is 5.73 Å². The molecule has 0 spiro atoms. The van der Waals surface area contributed by atoms with Gasteiger partial charge in [-0.2, -0.15) is 0 Å². The molecule has 2 aromatic carbocycles. The van der Waals surface area contributed by atoms with E-state index in [-0.39, 0.29) is 53.0 Å². The SMILES string of the molecule is CCOC(=O)C1=C(N)N2C(=O)C(Cc3ccc([N+](=O)[O-])cc3)SC2=C(C(=O)OCC)C1c1ccc([N+](=O)[O-])cc1. The summed E-state index contributed by atoms with van der Waals surface area (Å²) in [5.41, 5.74) is 6.90. The van der Waals surface area contributed by atoms with Crippen LogP contribution in [-0.4, -0.2) is 51.1 Å². The number of rotatable bonds is 9. The molecule has 0 saturated carbocycles. The minimum Gasteiger partial charge on any atom is -0.463 e. The maximum Gasteiger partial charge on any atom is 0.338 e. The highest BCUT2D eigenvalue weighted by atomic mass is 32.2. The number of amides is 1. The van der Waals surface area contributed by atoms with Gasteiger partial charge in [-0.25, -0.2) is 9.59 Å². The quantitative estimate of drug-likeness (QED) is 0.266. The fourth-order valence-electron chi connectivity index (χ4n) is 4.49. The number of non-ortho nitro benzene ring substituents is 2. The fraction of sp³-hybridized carbons (Fsp3) is 0.269. The van der Waals surface area contributed by atoms with Crippen molar-refractivity contribution < 1.29 is 33.7 Å². The third kappa shape index (κ3) is 5.25.